The molecule has 162 valence electrons. The molecule has 1 fully saturated rings. The fourth-order valence-corrected chi connectivity index (χ4v) is 4.00. The highest BCUT2D eigenvalue weighted by Gasteiger charge is 2.20. The van der Waals surface area contributed by atoms with E-state index in [0.29, 0.717) is 18.1 Å². The number of aromatic nitrogens is 2. The Morgan fingerprint density at radius 3 is 2.66 bits per heavy atom. The Hall–Kier alpha value is -2.72. The van der Waals surface area contributed by atoms with Gasteiger partial charge in [0.05, 0.1) is 11.4 Å². The van der Waals surface area contributed by atoms with Crippen LogP contribution in [-0.2, 0) is 6.54 Å². The average molecular weight is 424 g/mol. The van der Waals surface area contributed by atoms with E-state index < -0.39 is 0 Å². The number of aryl methyl sites for hydroxylation is 1. The molecule has 2 aromatic heterocycles. The number of hydrogen-bond donors (Lipinski definition) is 3. The number of pyridine rings is 1. The Bertz CT molecular complexity index is 876. The van der Waals surface area contributed by atoms with Gasteiger partial charge >= 0.3 is 6.03 Å². The monoisotopic (exact) mass is 423 g/mol. The third-order valence-electron chi connectivity index (χ3n) is 4.75. The fraction of sp³-hybridized carbons (Fsp3) is 0.474. The van der Waals surface area contributed by atoms with Crippen LogP contribution in [0.4, 0.5) is 16.3 Å². The molecule has 2 aromatic rings. The summed E-state index contributed by atoms with van der Waals surface area (Å²) in [5, 5.41) is 8.04. The van der Waals surface area contributed by atoms with E-state index in [1.165, 1.54) is 11.5 Å². The number of urea groups is 1. The first-order valence-electron chi connectivity index (χ1n) is 9.67. The summed E-state index contributed by atoms with van der Waals surface area (Å²) in [4.78, 5) is 33.6. The van der Waals surface area contributed by atoms with Crippen molar-refractivity contribution in [3.63, 3.8) is 0 Å². The lowest BCUT2D eigenvalue weighted by atomic mass is 10.2. The second-order valence-corrected chi connectivity index (χ2v) is 7.70. The van der Waals surface area contributed by atoms with Gasteiger partial charge in [-0.25, -0.2) is 9.78 Å². The predicted octanol–water partition coefficient (Wildman–Crippen LogP) is 2.41. The van der Waals surface area contributed by atoms with Crippen molar-refractivity contribution in [3.05, 3.63) is 34.5 Å². The Kier molecular flexibility index (Phi) is 6.99. The van der Waals surface area contributed by atoms with Crippen molar-refractivity contribution in [2.75, 3.05) is 50.0 Å². The first-order chi connectivity index (χ1) is 14.0. The van der Waals surface area contributed by atoms with Gasteiger partial charge in [-0.15, -0.1) is 0 Å². The zero-order chi connectivity index (χ0) is 20.8. The topological polar surface area (TPSA) is 102 Å². The minimum absolute atomic E-state index is 0. The molecule has 0 saturated carbocycles. The molecule has 0 aromatic carbocycles. The molecule has 0 bridgehead atoms. The predicted molar refractivity (Wildman–Crippen MR) is 121 cm³/mol. The second kappa shape index (κ2) is 9.66. The highest BCUT2D eigenvalue weighted by molar-refractivity contribution is 7.06. The fourth-order valence-electron chi connectivity index (χ4n) is 3.28. The standard InChI is InChI=1S/C19H27N7O2S.3H2/c1-4-21-19(28)23-17-11-14(29-24-17)12-25-7-9-26(10-8-25)16-6-5-15(18(27)20-3)22-13(16)2;;;/h5-6,11H,4,7-10,12H2,1-3H3,(H,20,27)(H2,21,23,24,28);3*1H. The van der Waals surface area contributed by atoms with Crippen molar-refractivity contribution in [1.82, 2.24) is 24.9 Å². The third-order valence-corrected chi connectivity index (χ3v) is 5.52. The summed E-state index contributed by atoms with van der Waals surface area (Å²) >= 11 is 1.41. The summed E-state index contributed by atoms with van der Waals surface area (Å²) in [5.41, 5.74) is 2.38. The van der Waals surface area contributed by atoms with Crippen LogP contribution in [0, 0.1) is 6.92 Å². The van der Waals surface area contributed by atoms with Gasteiger partial charge in [-0.2, -0.15) is 4.37 Å². The molecule has 1 aliphatic heterocycles. The van der Waals surface area contributed by atoms with E-state index in [4.69, 9.17) is 0 Å². The van der Waals surface area contributed by atoms with Crippen LogP contribution in [0.5, 0.6) is 0 Å². The van der Waals surface area contributed by atoms with E-state index in [-0.39, 0.29) is 16.2 Å². The van der Waals surface area contributed by atoms with Crippen LogP contribution in [0.15, 0.2) is 18.2 Å². The number of carbonyl (C=O) groups excluding carboxylic acids is 2. The number of nitrogens with one attached hydrogen (secondary N) is 3. The first kappa shape index (κ1) is 21.0. The summed E-state index contributed by atoms with van der Waals surface area (Å²) in [6, 6.07) is 5.45. The minimum atomic E-state index is -0.232. The average Bonchev–Trinajstić information content (AvgIpc) is 3.14. The molecule has 9 nitrogen and oxygen atoms in total. The van der Waals surface area contributed by atoms with E-state index in [1.54, 1.807) is 13.1 Å². The highest BCUT2D eigenvalue weighted by Crippen LogP contribution is 2.22. The van der Waals surface area contributed by atoms with Crippen LogP contribution in [0.1, 0.15) is 32.3 Å². The summed E-state index contributed by atoms with van der Waals surface area (Å²) in [6.45, 7) is 8.84. The Balaban J connectivity index is 0.00000320. The van der Waals surface area contributed by atoms with Crippen LogP contribution < -0.4 is 20.9 Å². The number of hydrogen-bond acceptors (Lipinski definition) is 7. The van der Waals surface area contributed by atoms with Crippen molar-refractivity contribution in [2.24, 2.45) is 0 Å². The number of rotatable bonds is 6. The van der Waals surface area contributed by atoms with Gasteiger partial charge in [0, 0.05) is 55.5 Å². The van der Waals surface area contributed by atoms with Crippen LogP contribution in [0.2, 0.25) is 0 Å². The Morgan fingerprint density at radius 2 is 2.00 bits per heavy atom. The van der Waals surface area contributed by atoms with Crippen molar-refractivity contribution in [2.45, 2.75) is 20.4 Å². The quantitative estimate of drug-likeness (QED) is 0.659. The van der Waals surface area contributed by atoms with E-state index >= 15 is 0 Å². The molecule has 0 radical (unpaired) electrons. The van der Waals surface area contributed by atoms with E-state index in [1.807, 2.05) is 26.0 Å². The van der Waals surface area contributed by atoms with Gasteiger partial charge < -0.3 is 15.5 Å². The molecule has 3 amide bonds. The van der Waals surface area contributed by atoms with Crippen molar-refractivity contribution < 1.29 is 13.9 Å². The smallest absolute Gasteiger partial charge is 0.320 e. The number of amides is 3. The van der Waals surface area contributed by atoms with Crippen molar-refractivity contribution in [3.8, 4) is 0 Å². The molecule has 0 spiro atoms. The first-order valence-corrected chi connectivity index (χ1v) is 10.4. The molecule has 10 heteroatoms. The van der Waals surface area contributed by atoms with E-state index in [0.717, 1.165) is 49.0 Å². The summed E-state index contributed by atoms with van der Waals surface area (Å²) in [6.07, 6.45) is 0. The van der Waals surface area contributed by atoms with Crippen LogP contribution in [-0.4, -0.2) is 66.0 Å². The molecule has 3 N–H and O–H groups in total. The van der Waals surface area contributed by atoms with Crippen molar-refractivity contribution in [1.29, 1.82) is 0 Å². The number of nitrogens with zero attached hydrogens (tertiary/aromatic N) is 4. The van der Waals surface area contributed by atoms with Gasteiger partial charge in [0.1, 0.15) is 11.5 Å². The van der Waals surface area contributed by atoms with Crippen LogP contribution in [0.25, 0.3) is 0 Å². The molecule has 0 atom stereocenters. The zero-order valence-corrected chi connectivity index (χ0v) is 17.8. The Labute approximate surface area is 179 Å². The molecule has 3 rings (SSSR count). The molecule has 0 unspecified atom stereocenters. The molecule has 29 heavy (non-hydrogen) atoms. The van der Waals surface area contributed by atoms with Gasteiger partial charge in [0.15, 0.2) is 0 Å². The van der Waals surface area contributed by atoms with Gasteiger partial charge in [-0.05, 0) is 43.6 Å². The molecule has 3 heterocycles. The maximum absolute atomic E-state index is 11.7. The minimum Gasteiger partial charge on any atom is -0.368 e. The van der Waals surface area contributed by atoms with Crippen LogP contribution >= 0.6 is 11.5 Å². The number of piperazine rings is 1. The maximum atomic E-state index is 11.7. The number of carbonyl (C=O) groups is 2. The zero-order valence-electron chi connectivity index (χ0n) is 17.0. The molecule has 1 saturated heterocycles. The van der Waals surface area contributed by atoms with E-state index in [2.05, 4.69) is 35.1 Å². The molecule has 0 aliphatic carbocycles. The van der Waals surface area contributed by atoms with Gasteiger partial charge in [0.25, 0.3) is 5.91 Å². The van der Waals surface area contributed by atoms with Gasteiger partial charge in [-0.3, -0.25) is 15.0 Å². The SMILES string of the molecule is CCNC(=O)Nc1cc(CN2CCN(c3ccc(C(=O)NC)nc3C)CC2)sn1.[HH].[HH].[HH]. The van der Waals surface area contributed by atoms with E-state index in [9.17, 15) is 9.59 Å². The summed E-state index contributed by atoms with van der Waals surface area (Å²) in [5.74, 6) is 0.419. The Morgan fingerprint density at radius 1 is 1.24 bits per heavy atom. The number of anilines is 2. The maximum Gasteiger partial charge on any atom is 0.320 e. The molecule has 1 aliphatic rings. The molecular weight excluding hydrogens is 390 g/mol. The lowest BCUT2D eigenvalue weighted by Gasteiger charge is -2.36. The highest BCUT2D eigenvalue weighted by atomic mass is 32.1. The summed E-state index contributed by atoms with van der Waals surface area (Å²) in [7, 11) is 1.61. The third kappa shape index (κ3) is 5.42. The second-order valence-electron chi connectivity index (χ2n) is 6.81. The summed E-state index contributed by atoms with van der Waals surface area (Å²) < 4.78 is 4.30. The van der Waals surface area contributed by atoms with Gasteiger partial charge in [-0.1, -0.05) is 0 Å². The van der Waals surface area contributed by atoms with Gasteiger partial charge in [0.2, 0.25) is 0 Å². The van der Waals surface area contributed by atoms with Crippen LogP contribution in [0.3, 0.4) is 0 Å². The lowest BCUT2D eigenvalue weighted by molar-refractivity contribution is 0.0958. The largest absolute Gasteiger partial charge is 0.368 e. The molecular formula is C19H33N7O2S. The normalized spacial score (nSPS) is 14.5. The van der Waals surface area contributed by atoms with Crippen molar-refractivity contribution >= 4 is 35.0 Å². The lowest BCUT2D eigenvalue weighted by Crippen LogP contribution is -2.46.